The third kappa shape index (κ3) is 32.7. The molecular formula is C37H75Br. The van der Waals surface area contributed by atoms with Gasteiger partial charge in [0.2, 0.25) is 0 Å². The zero-order valence-corrected chi connectivity index (χ0v) is 28.6. The molecule has 230 valence electrons. The average Bonchev–Trinajstić information content (AvgIpc) is 2.93. The monoisotopic (exact) mass is 599 g/mol. The van der Waals surface area contributed by atoms with Crippen molar-refractivity contribution >= 4 is 15.9 Å². The minimum Gasteiger partial charge on any atom is -0.0928 e. The van der Waals surface area contributed by atoms with E-state index in [0.29, 0.717) is 0 Å². The molecule has 0 fully saturated rings. The Morgan fingerprint density at radius 1 is 0.289 bits per heavy atom. The van der Waals surface area contributed by atoms with Crippen LogP contribution in [-0.4, -0.2) is 5.33 Å². The van der Waals surface area contributed by atoms with Crippen LogP contribution in [-0.2, 0) is 0 Å². The van der Waals surface area contributed by atoms with Gasteiger partial charge < -0.3 is 0 Å². The van der Waals surface area contributed by atoms with Crippen LogP contribution in [0, 0.1) is 5.92 Å². The molecule has 0 aliphatic heterocycles. The SMILES string of the molecule is CCCCCCCCCCCCCCCCC(CCCCCCBr)CCCCCCCCCCCCCC. The van der Waals surface area contributed by atoms with Crippen LogP contribution in [0.5, 0.6) is 0 Å². The lowest BCUT2D eigenvalue weighted by molar-refractivity contribution is 0.366. The molecule has 0 N–H and O–H groups in total. The van der Waals surface area contributed by atoms with E-state index in [2.05, 4.69) is 29.8 Å². The fraction of sp³-hybridized carbons (Fsp3) is 1.00. The summed E-state index contributed by atoms with van der Waals surface area (Å²) in [6.45, 7) is 4.63. The molecule has 0 bridgehead atoms. The molecule has 0 amide bonds. The molecule has 38 heavy (non-hydrogen) atoms. The second-order valence-corrected chi connectivity index (χ2v) is 13.6. The molecule has 0 aromatic heterocycles. The molecule has 0 rings (SSSR count). The number of hydrogen-bond donors (Lipinski definition) is 0. The highest BCUT2D eigenvalue weighted by Gasteiger charge is 2.09. The van der Waals surface area contributed by atoms with Gasteiger partial charge in [-0.25, -0.2) is 0 Å². The van der Waals surface area contributed by atoms with Crippen LogP contribution in [0.15, 0.2) is 0 Å². The number of hydrogen-bond acceptors (Lipinski definition) is 0. The average molecular weight is 600 g/mol. The molecule has 0 radical (unpaired) electrons. The van der Waals surface area contributed by atoms with Crippen LogP contribution in [0.25, 0.3) is 0 Å². The van der Waals surface area contributed by atoms with E-state index in [1.807, 2.05) is 0 Å². The van der Waals surface area contributed by atoms with E-state index < -0.39 is 0 Å². The summed E-state index contributed by atoms with van der Waals surface area (Å²) in [5.74, 6) is 1.03. The number of alkyl halides is 1. The van der Waals surface area contributed by atoms with Gasteiger partial charge in [-0.1, -0.05) is 235 Å². The number of unbranched alkanes of at least 4 members (excludes halogenated alkanes) is 27. The fourth-order valence-electron chi connectivity index (χ4n) is 6.22. The summed E-state index contributed by atoms with van der Waals surface area (Å²) in [6, 6.07) is 0. The summed E-state index contributed by atoms with van der Waals surface area (Å²) in [6.07, 6.45) is 48.6. The maximum atomic E-state index is 3.60. The predicted octanol–water partition coefficient (Wildman–Crippen LogP) is 14.9. The van der Waals surface area contributed by atoms with Crippen molar-refractivity contribution in [2.24, 2.45) is 5.92 Å². The molecule has 0 aromatic carbocycles. The first-order chi connectivity index (χ1) is 18.8. The van der Waals surface area contributed by atoms with Crippen LogP contribution < -0.4 is 0 Å². The standard InChI is InChI=1S/C37H75Br/c1-3-5-7-9-11-13-15-17-18-20-22-24-26-30-34-37(35-31-27-28-32-36-38)33-29-25-23-21-19-16-14-12-10-8-6-4-2/h37H,3-36H2,1-2H3. The lowest BCUT2D eigenvalue weighted by Crippen LogP contribution is -2.01. The molecule has 0 spiro atoms. The Bertz CT molecular complexity index is 392. The largest absolute Gasteiger partial charge is 0.0928 e. The van der Waals surface area contributed by atoms with Crippen LogP contribution in [0.3, 0.4) is 0 Å². The molecule has 1 heteroatoms. The zero-order chi connectivity index (χ0) is 27.6. The normalized spacial score (nSPS) is 12.4. The van der Waals surface area contributed by atoms with Crippen LogP contribution in [0.2, 0.25) is 0 Å². The summed E-state index contributed by atoms with van der Waals surface area (Å²) in [5, 5.41) is 1.19. The molecule has 1 atom stereocenters. The molecule has 0 aromatic rings. The summed E-state index contributed by atoms with van der Waals surface area (Å²) >= 11 is 3.60. The van der Waals surface area contributed by atoms with Crippen molar-refractivity contribution in [1.29, 1.82) is 0 Å². The fourth-order valence-corrected chi connectivity index (χ4v) is 6.61. The van der Waals surface area contributed by atoms with E-state index >= 15 is 0 Å². The quantitative estimate of drug-likeness (QED) is 0.0510. The first-order valence-electron chi connectivity index (χ1n) is 18.4. The molecule has 0 aliphatic carbocycles. The van der Waals surface area contributed by atoms with Crippen LogP contribution in [0.4, 0.5) is 0 Å². The van der Waals surface area contributed by atoms with Gasteiger partial charge in [0, 0.05) is 5.33 Å². The van der Waals surface area contributed by atoms with E-state index in [9.17, 15) is 0 Å². The molecule has 0 heterocycles. The van der Waals surface area contributed by atoms with Gasteiger partial charge in [0.25, 0.3) is 0 Å². The summed E-state index contributed by atoms with van der Waals surface area (Å²) in [5.41, 5.74) is 0. The van der Waals surface area contributed by atoms with Gasteiger partial charge in [-0.3, -0.25) is 0 Å². The van der Waals surface area contributed by atoms with Crippen molar-refractivity contribution in [3.63, 3.8) is 0 Å². The summed E-state index contributed by atoms with van der Waals surface area (Å²) in [4.78, 5) is 0. The highest BCUT2D eigenvalue weighted by atomic mass is 79.9. The van der Waals surface area contributed by atoms with Gasteiger partial charge in [0.15, 0.2) is 0 Å². The summed E-state index contributed by atoms with van der Waals surface area (Å²) in [7, 11) is 0. The van der Waals surface area contributed by atoms with Gasteiger partial charge in [-0.2, -0.15) is 0 Å². The van der Waals surface area contributed by atoms with Crippen molar-refractivity contribution in [3.8, 4) is 0 Å². The lowest BCUT2D eigenvalue weighted by atomic mass is 9.89. The first-order valence-corrected chi connectivity index (χ1v) is 19.5. The van der Waals surface area contributed by atoms with Crippen LogP contribution in [0.1, 0.15) is 226 Å². The first kappa shape index (κ1) is 38.5. The van der Waals surface area contributed by atoms with Crippen molar-refractivity contribution in [1.82, 2.24) is 0 Å². The third-order valence-corrected chi connectivity index (χ3v) is 9.49. The predicted molar refractivity (Wildman–Crippen MR) is 181 cm³/mol. The zero-order valence-electron chi connectivity index (χ0n) is 27.0. The molecule has 0 saturated heterocycles. The van der Waals surface area contributed by atoms with E-state index in [1.165, 1.54) is 217 Å². The minimum absolute atomic E-state index is 1.03. The van der Waals surface area contributed by atoms with Crippen molar-refractivity contribution in [2.45, 2.75) is 226 Å². The van der Waals surface area contributed by atoms with Gasteiger partial charge >= 0.3 is 0 Å². The van der Waals surface area contributed by atoms with Crippen molar-refractivity contribution < 1.29 is 0 Å². The number of rotatable bonds is 34. The number of halogens is 1. The Labute approximate surface area is 252 Å². The molecular weight excluding hydrogens is 524 g/mol. The third-order valence-electron chi connectivity index (χ3n) is 8.93. The second-order valence-electron chi connectivity index (χ2n) is 12.8. The Morgan fingerprint density at radius 3 is 0.737 bits per heavy atom. The molecule has 0 nitrogen and oxygen atoms in total. The van der Waals surface area contributed by atoms with Gasteiger partial charge in [0.05, 0.1) is 0 Å². The molecule has 0 aliphatic rings. The van der Waals surface area contributed by atoms with Gasteiger partial charge in [-0.15, -0.1) is 0 Å². The Balaban J connectivity index is 3.70. The second kappa shape index (κ2) is 35.5. The summed E-state index contributed by atoms with van der Waals surface area (Å²) < 4.78 is 0. The van der Waals surface area contributed by atoms with E-state index in [1.54, 1.807) is 0 Å². The minimum atomic E-state index is 1.03. The van der Waals surface area contributed by atoms with Gasteiger partial charge in [-0.05, 0) is 12.3 Å². The highest BCUT2D eigenvalue weighted by molar-refractivity contribution is 9.09. The Hall–Kier alpha value is 0.480. The van der Waals surface area contributed by atoms with Crippen molar-refractivity contribution in [3.05, 3.63) is 0 Å². The Morgan fingerprint density at radius 2 is 0.500 bits per heavy atom. The Kier molecular flexibility index (Phi) is 36.0. The molecule has 1 unspecified atom stereocenters. The lowest BCUT2D eigenvalue weighted by Gasteiger charge is -2.17. The van der Waals surface area contributed by atoms with Crippen molar-refractivity contribution in [2.75, 3.05) is 5.33 Å². The van der Waals surface area contributed by atoms with Gasteiger partial charge in [0.1, 0.15) is 0 Å². The maximum absolute atomic E-state index is 3.60. The topological polar surface area (TPSA) is 0 Å². The van der Waals surface area contributed by atoms with Crippen LogP contribution >= 0.6 is 15.9 Å². The van der Waals surface area contributed by atoms with E-state index in [-0.39, 0.29) is 0 Å². The highest BCUT2D eigenvalue weighted by Crippen LogP contribution is 2.25. The van der Waals surface area contributed by atoms with E-state index in [0.717, 1.165) is 5.92 Å². The smallest absolute Gasteiger partial charge is 0.00313 e. The molecule has 0 saturated carbocycles. The maximum Gasteiger partial charge on any atom is 0.00313 e. The van der Waals surface area contributed by atoms with E-state index in [4.69, 9.17) is 0 Å².